The van der Waals surface area contributed by atoms with E-state index >= 15 is 0 Å². The topological polar surface area (TPSA) is 75.7 Å². The lowest BCUT2D eigenvalue weighted by Crippen LogP contribution is -2.54. The van der Waals surface area contributed by atoms with Gasteiger partial charge in [0.2, 0.25) is 0 Å². The van der Waals surface area contributed by atoms with Gasteiger partial charge in [0.1, 0.15) is 12.2 Å². The van der Waals surface area contributed by atoms with Gasteiger partial charge in [0.15, 0.2) is 5.75 Å². The van der Waals surface area contributed by atoms with Crippen LogP contribution in [-0.2, 0) is 16.2 Å². The molecule has 0 aliphatic carbocycles. The molecule has 1 heterocycles. The number of nitrogens with zero attached hydrogens (tertiary/aromatic N) is 1. The molecule has 1 N–H and O–H groups in total. The summed E-state index contributed by atoms with van der Waals surface area (Å²) in [5.74, 6) is -1.27. The molecule has 1 aliphatic heterocycles. The highest BCUT2D eigenvalue weighted by Crippen LogP contribution is 2.36. The van der Waals surface area contributed by atoms with E-state index in [-0.39, 0.29) is 28.0 Å². The summed E-state index contributed by atoms with van der Waals surface area (Å²) in [5.41, 5.74) is 2.47. The van der Waals surface area contributed by atoms with Crippen LogP contribution in [0.3, 0.4) is 0 Å². The van der Waals surface area contributed by atoms with E-state index in [1.807, 2.05) is 49.4 Å². The first-order valence-electron chi connectivity index (χ1n) is 11.4. The second-order valence-electron chi connectivity index (χ2n) is 8.53. The summed E-state index contributed by atoms with van der Waals surface area (Å²) < 4.78 is 5.96. The SMILES string of the molecule is Cc1ccc(N2C(=O)NC(=O)/C(=C\c3cc(Cl)c(OCc4cccc5ccccc45)c(Cl)c3)C2=O)cc1. The molecule has 37 heavy (non-hydrogen) atoms. The minimum atomic E-state index is -0.816. The summed E-state index contributed by atoms with van der Waals surface area (Å²) in [6, 6.07) is 23.0. The first-order valence-corrected chi connectivity index (χ1v) is 12.1. The summed E-state index contributed by atoms with van der Waals surface area (Å²) in [4.78, 5) is 39.0. The van der Waals surface area contributed by atoms with E-state index in [1.165, 1.54) is 6.08 Å². The van der Waals surface area contributed by atoms with Crippen molar-refractivity contribution >= 4 is 63.6 Å². The average molecular weight is 531 g/mol. The fourth-order valence-electron chi connectivity index (χ4n) is 4.12. The van der Waals surface area contributed by atoms with Crippen molar-refractivity contribution in [1.29, 1.82) is 0 Å². The van der Waals surface area contributed by atoms with Gasteiger partial charge in [0, 0.05) is 0 Å². The summed E-state index contributed by atoms with van der Waals surface area (Å²) in [5, 5.41) is 4.80. The number of benzene rings is 4. The molecule has 4 aromatic rings. The van der Waals surface area contributed by atoms with Gasteiger partial charge in [-0.2, -0.15) is 0 Å². The molecule has 1 saturated heterocycles. The minimum Gasteiger partial charge on any atom is -0.486 e. The van der Waals surface area contributed by atoms with Crippen molar-refractivity contribution in [2.45, 2.75) is 13.5 Å². The van der Waals surface area contributed by atoms with Crippen molar-refractivity contribution in [2.75, 3.05) is 4.90 Å². The average Bonchev–Trinajstić information content (AvgIpc) is 2.87. The summed E-state index contributed by atoms with van der Waals surface area (Å²) >= 11 is 13.0. The molecular weight excluding hydrogens is 511 g/mol. The van der Waals surface area contributed by atoms with Crippen molar-refractivity contribution in [1.82, 2.24) is 5.32 Å². The van der Waals surface area contributed by atoms with Gasteiger partial charge in [-0.25, -0.2) is 9.69 Å². The lowest BCUT2D eigenvalue weighted by molar-refractivity contribution is -0.122. The Hall–Kier alpha value is -4.13. The first kappa shape index (κ1) is 24.6. The third-order valence-corrected chi connectivity index (χ3v) is 6.54. The van der Waals surface area contributed by atoms with Gasteiger partial charge in [-0.3, -0.25) is 14.9 Å². The highest BCUT2D eigenvalue weighted by atomic mass is 35.5. The number of hydrogen-bond donors (Lipinski definition) is 1. The molecule has 0 atom stereocenters. The number of hydrogen-bond acceptors (Lipinski definition) is 4. The van der Waals surface area contributed by atoms with Crippen molar-refractivity contribution in [2.24, 2.45) is 0 Å². The number of nitrogens with one attached hydrogen (secondary N) is 1. The number of ether oxygens (including phenoxy) is 1. The molecule has 8 heteroatoms. The largest absolute Gasteiger partial charge is 0.486 e. The number of imide groups is 2. The Morgan fingerprint density at radius 1 is 0.892 bits per heavy atom. The van der Waals surface area contributed by atoms with Crippen LogP contribution < -0.4 is 15.0 Å². The Kier molecular flexibility index (Phi) is 6.70. The maximum absolute atomic E-state index is 13.1. The van der Waals surface area contributed by atoms with Crippen LogP contribution in [0, 0.1) is 6.92 Å². The molecule has 0 saturated carbocycles. The van der Waals surface area contributed by atoms with E-state index in [9.17, 15) is 14.4 Å². The van der Waals surface area contributed by atoms with Crippen LogP contribution in [0.5, 0.6) is 5.75 Å². The minimum absolute atomic E-state index is 0.217. The lowest BCUT2D eigenvalue weighted by Gasteiger charge is -2.26. The van der Waals surface area contributed by atoms with Gasteiger partial charge in [-0.05, 0) is 59.2 Å². The van der Waals surface area contributed by atoms with E-state index in [0.717, 1.165) is 26.8 Å². The molecule has 4 amide bonds. The highest BCUT2D eigenvalue weighted by molar-refractivity contribution is 6.40. The number of anilines is 1. The van der Waals surface area contributed by atoms with Crippen LogP contribution in [0.2, 0.25) is 10.0 Å². The van der Waals surface area contributed by atoms with Crippen LogP contribution in [-0.4, -0.2) is 17.8 Å². The summed E-state index contributed by atoms with van der Waals surface area (Å²) in [7, 11) is 0. The standard InChI is InChI=1S/C29H20Cl2N2O4/c1-17-9-11-21(12-10-17)33-28(35)23(27(34)32-29(33)36)13-18-14-24(30)26(25(31)15-18)37-16-20-7-4-6-19-5-2-3-8-22(19)20/h2-15H,16H2,1H3,(H,32,34,36)/b23-13+. The number of carbonyl (C=O) groups is 3. The molecule has 1 aliphatic rings. The van der Waals surface area contributed by atoms with Gasteiger partial charge in [0.25, 0.3) is 11.8 Å². The maximum atomic E-state index is 13.1. The van der Waals surface area contributed by atoms with Crippen LogP contribution in [0.4, 0.5) is 10.5 Å². The molecule has 0 spiro atoms. The second kappa shape index (κ2) is 10.1. The van der Waals surface area contributed by atoms with Crippen LogP contribution in [0.25, 0.3) is 16.8 Å². The van der Waals surface area contributed by atoms with E-state index in [4.69, 9.17) is 27.9 Å². The van der Waals surface area contributed by atoms with E-state index < -0.39 is 17.8 Å². The normalized spacial score (nSPS) is 14.8. The lowest BCUT2D eigenvalue weighted by atomic mass is 10.1. The Bertz CT molecular complexity index is 1570. The zero-order valence-corrected chi connectivity index (χ0v) is 21.1. The summed E-state index contributed by atoms with van der Waals surface area (Å²) in [6.07, 6.45) is 1.34. The molecule has 1 fully saturated rings. The molecule has 6 nitrogen and oxygen atoms in total. The highest BCUT2D eigenvalue weighted by Gasteiger charge is 2.36. The molecule has 184 valence electrons. The Labute approximate surface area is 223 Å². The third kappa shape index (κ3) is 4.94. The fourth-order valence-corrected chi connectivity index (χ4v) is 4.73. The van der Waals surface area contributed by atoms with Crippen LogP contribution in [0.15, 0.2) is 84.4 Å². The summed E-state index contributed by atoms with van der Waals surface area (Å²) in [6.45, 7) is 2.13. The van der Waals surface area contributed by atoms with Crippen molar-refractivity contribution < 1.29 is 19.1 Å². The third-order valence-electron chi connectivity index (χ3n) is 5.98. The van der Waals surface area contributed by atoms with Crippen molar-refractivity contribution in [3.05, 3.63) is 111 Å². The quantitative estimate of drug-likeness (QED) is 0.230. The molecular formula is C29H20Cl2N2O4. The number of rotatable bonds is 5. The molecule has 0 aromatic heterocycles. The zero-order valence-electron chi connectivity index (χ0n) is 19.6. The van der Waals surface area contributed by atoms with E-state index in [2.05, 4.69) is 5.32 Å². The van der Waals surface area contributed by atoms with Gasteiger partial charge >= 0.3 is 6.03 Å². The number of fused-ring (bicyclic) bond motifs is 1. The molecule has 5 rings (SSSR count). The number of barbiturate groups is 1. The van der Waals surface area contributed by atoms with Gasteiger partial charge in [-0.15, -0.1) is 0 Å². The number of carbonyl (C=O) groups excluding carboxylic acids is 3. The fraction of sp³-hybridized carbons (Fsp3) is 0.0690. The predicted octanol–water partition coefficient (Wildman–Crippen LogP) is 6.70. The van der Waals surface area contributed by atoms with Gasteiger partial charge in [-0.1, -0.05) is 83.4 Å². The second-order valence-corrected chi connectivity index (χ2v) is 9.35. The first-order chi connectivity index (χ1) is 17.8. The maximum Gasteiger partial charge on any atom is 0.335 e. The van der Waals surface area contributed by atoms with Gasteiger partial charge < -0.3 is 4.74 Å². The van der Waals surface area contributed by atoms with Crippen LogP contribution in [0.1, 0.15) is 16.7 Å². The smallest absolute Gasteiger partial charge is 0.335 e. The Morgan fingerprint density at radius 2 is 1.57 bits per heavy atom. The zero-order chi connectivity index (χ0) is 26.1. The number of aryl methyl sites for hydroxylation is 1. The Balaban J connectivity index is 1.41. The van der Waals surface area contributed by atoms with Crippen LogP contribution >= 0.6 is 23.2 Å². The number of amides is 4. The molecule has 0 bridgehead atoms. The van der Waals surface area contributed by atoms with E-state index in [0.29, 0.717) is 11.3 Å². The van der Waals surface area contributed by atoms with Crippen molar-refractivity contribution in [3.63, 3.8) is 0 Å². The monoisotopic (exact) mass is 530 g/mol. The molecule has 0 unspecified atom stereocenters. The number of urea groups is 1. The molecule has 0 radical (unpaired) electrons. The van der Waals surface area contributed by atoms with Gasteiger partial charge in [0.05, 0.1) is 15.7 Å². The Morgan fingerprint density at radius 3 is 2.30 bits per heavy atom. The van der Waals surface area contributed by atoms with Crippen molar-refractivity contribution in [3.8, 4) is 5.75 Å². The predicted molar refractivity (Wildman–Crippen MR) is 145 cm³/mol. The van der Waals surface area contributed by atoms with E-state index in [1.54, 1.807) is 36.4 Å². The number of halogens is 2. The molecule has 4 aromatic carbocycles.